The molecule has 1 aliphatic carbocycles. The van der Waals surface area contributed by atoms with Gasteiger partial charge in [-0.05, 0) is 49.4 Å². The lowest BCUT2D eigenvalue weighted by Gasteiger charge is -2.35. The first-order valence-corrected chi connectivity index (χ1v) is 6.23. The number of hydrogen-bond acceptors (Lipinski definition) is 2. The molecular formula is C14H19NO. The minimum absolute atomic E-state index is 0.405. The van der Waals surface area contributed by atoms with Gasteiger partial charge in [-0.25, -0.2) is 0 Å². The van der Waals surface area contributed by atoms with E-state index in [2.05, 4.69) is 23.5 Å². The second kappa shape index (κ2) is 3.77. The van der Waals surface area contributed by atoms with Crippen molar-refractivity contribution < 1.29 is 4.74 Å². The van der Waals surface area contributed by atoms with Gasteiger partial charge >= 0.3 is 0 Å². The zero-order valence-corrected chi connectivity index (χ0v) is 9.88. The third kappa shape index (κ3) is 1.36. The number of nitrogens with one attached hydrogen (secondary N) is 1. The van der Waals surface area contributed by atoms with Crippen LogP contribution in [0.15, 0.2) is 18.2 Å². The second-order valence-corrected chi connectivity index (χ2v) is 5.05. The van der Waals surface area contributed by atoms with E-state index in [1.165, 1.54) is 31.2 Å². The number of fused-ring (bicyclic) bond motifs is 2. The molecule has 0 amide bonds. The molecule has 16 heavy (non-hydrogen) atoms. The molecule has 1 N–H and O–H groups in total. The first-order chi connectivity index (χ1) is 7.86. The van der Waals surface area contributed by atoms with Gasteiger partial charge in [-0.15, -0.1) is 0 Å². The van der Waals surface area contributed by atoms with Gasteiger partial charge in [-0.2, -0.15) is 0 Å². The summed E-state index contributed by atoms with van der Waals surface area (Å²) in [5.41, 5.74) is 3.41. The highest BCUT2D eigenvalue weighted by Gasteiger charge is 2.39. The zero-order chi connectivity index (χ0) is 11.0. The molecule has 3 rings (SSSR count). The van der Waals surface area contributed by atoms with Crippen LogP contribution >= 0.6 is 0 Å². The molecule has 86 valence electrons. The summed E-state index contributed by atoms with van der Waals surface area (Å²) >= 11 is 0. The molecule has 1 aliphatic heterocycles. The summed E-state index contributed by atoms with van der Waals surface area (Å²) in [6.07, 6.45) is 5.10. The Morgan fingerprint density at radius 3 is 3.00 bits per heavy atom. The molecule has 0 saturated carbocycles. The maximum atomic E-state index is 5.49. The van der Waals surface area contributed by atoms with E-state index < -0.39 is 0 Å². The lowest BCUT2D eigenvalue weighted by Crippen LogP contribution is -2.33. The summed E-state index contributed by atoms with van der Waals surface area (Å²) in [6, 6.07) is 6.55. The van der Waals surface area contributed by atoms with E-state index >= 15 is 0 Å². The molecule has 1 fully saturated rings. The lowest BCUT2D eigenvalue weighted by molar-refractivity contribution is 0.369. The fraction of sp³-hybridized carbons (Fsp3) is 0.571. The first-order valence-electron chi connectivity index (χ1n) is 6.23. The molecule has 0 radical (unpaired) electrons. The SMILES string of the molecule is COc1cccc2c1CCCC21CCNC1. The van der Waals surface area contributed by atoms with E-state index in [1.807, 2.05) is 0 Å². The van der Waals surface area contributed by atoms with Crippen molar-refractivity contribution in [1.29, 1.82) is 0 Å². The fourth-order valence-electron chi connectivity index (χ4n) is 3.44. The first kappa shape index (κ1) is 10.2. The van der Waals surface area contributed by atoms with E-state index in [0.717, 1.165) is 18.8 Å². The Labute approximate surface area is 97.0 Å². The Balaban J connectivity index is 2.11. The molecule has 1 saturated heterocycles. The van der Waals surface area contributed by atoms with Gasteiger partial charge in [0.05, 0.1) is 7.11 Å². The standard InChI is InChI=1S/C14H19NO/c1-16-13-6-2-5-12-11(13)4-3-7-14(12)8-9-15-10-14/h2,5-6,15H,3-4,7-10H2,1H3. The van der Waals surface area contributed by atoms with Crippen LogP contribution in [-0.4, -0.2) is 20.2 Å². The molecule has 1 heterocycles. The fourth-order valence-corrected chi connectivity index (χ4v) is 3.44. The molecule has 0 aromatic heterocycles. The van der Waals surface area contributed by atoms with Crippen molar-refractivity contribution >= 4 is 0 Å². The summed E-state index contributed by atoms with van der Waals surface area (Å²) in [5.74, 6) is 1.09. The quantitative estimate of drug-likeness (QED) is 0.779. The number of rotatable bonds is 1. The smallest absolute Gasteiger partial charge is 0.122 e. The van der Waals surface area contributed by atoms with Crippen LogP contribution in [-0.2, 0) is 11.8 Å². The van der Waals surface area contributed by atoms with Crippen LogP contribution in [0.25, 0.3) is 0 Å². The number of methoxy groups -OCH3 is 1. The molecule has 1 atom stereocenters. The average molecular weight is 217 g/mol. The highest BCUT2D eigenvalue weighted by molar-refractivity contribution is 5.46. The van der Waals surface area contributed by atoms with Crippen LogP contribution < -0.4 is 10.1 Å². The molecule has 1 aromatic rings. The molecule has 0 bridgehead atoms. The van der Waals surface area contributed by atoms with Gasteiger partial charge in [0.1, 0.15) is 5.75 Å². The van der Waals surface area contributed by atoms with Crippen LogP contribution in [0.1, 0.15) is 30.4 Å². The van der Waals surface area contributed by atoms with Gasteiger partial charge in [0.25, 0.3) is 0 Å². The summed E-state index contributed by atoms with van der Waals surface area (Å²) in [7, 11) is 1.78. The second-order valence-electron chi connectivity index (χ2n) is 5.05. The summed E-state index contributed by atoms with van der Waals surface area (Å²) in [6.45, 7) is 2.31. The largest absolute Gasteiger partial charge is 0.496 e. The van der Waals surface area contributed by atoms with Gasteiger partial charge in [0, 0.05) is 12.0 Å². The summed E-state index contributed by atoms with van der Waals surface area (Å²) < 4.78 is 5.49. The van der Waals surface area contributed by atoms with Crippen molar-refractivity contribution in [2.45, 2.75) is 31.1 Å². The van der Waals surface area contributed by atoms with Gasteiger partial charge in [-0.3, -0.25) is 0 Å². The third-order valence-electron chi connectivity index (χ3n) is 4.25. The van der Waals surface area contributed by atoms with Crippen LogP contribution in [0.4, 0.5) is 0 Å². The number of ether oxygens (including phenoxy) is 1. The Hall–Kier alpha value is -1.02. The Kier molecular flexibility index (Phi) is 2.40. The van der Waals surface area contributed by atoms with Gasteiger partial charge in [0.15, 0.2) is 0 Å². The third-order valence-corrected chi connectivity index (χ3v) is 4.25. The van der Waals surface area contributed by atoms with E-state index in [4.69, 9.17) is 4.74 Å². The Morgan fingerprint density at radius 2 is 2.25 bits per heavy atom. The van der Waals surface area contributed by atoms with E-state index in [9.17, 15) is 0 Å². The molecule has 2 aliphatic rings. The highest BCUT2D eigenvalue weighted by Crippen LogP contribution is 2.44. The van der Waals surface area contributed by atoms with Gasteiger partial charge in [-0.1, -0.05) is 12.1 Å². The summed E-state index contributed by atoms with van der Waals surface area (Å²) in [5, 5.41) is 3.52. The van der Waals surface area contributed by atoms with Crippen molar-refractivity contribution in [2.24, 2.45) is 0 Å². The van der Waals surface area contributed by atoms with E-state index in [-0.39, 0.29) is 0 Å². The van der Waals surface area contributed by atoms with Crippen molar-refractivity contribution in [3.63, 3.8) is 0 Å². The average Bonchev–Trinajstić information content (AvgIpc) is 2.78. The van der Waals surface area contributed by atoms with Gasteiger partial charge in [0.2, 0.25) is 0 Å². The van der Waals surface area contributed by atoms with E-state index in [0.29, 0.717) is 5.41 Å². The van der Waals surface area contributed by atoms with Crippen molar-refractivity contribution in [2.75, 3.05) is 20.2 Å². The normalized spacial score (nSPS) is 28.1. The Morgan fingerprint density at radius 1 is 1.31 bits per heavy atom. The number of benzene rings is 1. The Bertz CT molecular complexity index is 394. The van der Waals surface area contributed by atoms with Gasteiger partial charge < -0.3 is 10.1 Å². The maximum absolute atomic E-state index is 5.49. The monoisotopic (exact) mass is 217 g/mol. The van der Waals surface area contributed by atoms with Crippen molar-refractivity contribution in [3.8, 4) is 5.75 Å². The number of hydrogen-bond donors (Lipinski definition) is 1. The minimum atomic E-state index is 0.405. The van der Waals surface area contributed by atoms with Crippen molar-refractivity contribution in [3.05, 3.63) is 29.3 Å². The molecule has 1 aromatic carbocycles. The topological polar surface area (TPSA) is 21.3 Å². The minimum Gasteiger partial charge on any atom is -0.496 e. The molecule has 2 nitrogen and oxygen atoms in total. The zero-order valence-electron chi connectivity index (χ0n) is 9.88. The van der Waals surface area contributed by atoms with E-state index in [1.54, 1.807) is 12.7 Å². The molecule has 2 heteroatoms. The molecule has 1 spiro atoms. The molecule has 1 unspecified atom stereocenters. The predicted molar refractivity (Wildman–Crippen MR) is 65.1 cm³/mol. The summed E-state index contributed by atoms with van der Waals surface area (Å²) in [4.78, 5) is 0. The molecular weight excluding hydrogens is 198 g/mol. The van der Waals surface area contributed by atoms with Crippen LogP contribution in [0.5, 0.6) is 5.75 Å². The lowest BCUT2D eigenvalue weighted by atomic mass is 9.69. The van der Waals surface area contributed by atoms with Crippen molar-refractivity contribution in [1.82, 2.24) is 5.32 Å². The van der Waals surface area contributed by atoms with Crippen LogP contribution in [0.3, 0.4) is 0 Å². The van der Waals surface area contributed by atoms with Crippen LogP contribution in [0.2, 0.25) is 0 Å². The van der Waals surface area contributed by atoms with Crippen LogP contribution in [0, 0.1) is 0 Å². The predicted octanol–water partition coefficient (Wildman–Crippen LogP) is 2.26. The highest BCUT2D eigenvalue weighted by atomic mass is 16.5. The maximum Gasteiger partial charge on any atom is 0.122 e.